The number of hydrogen-bond acceptors (Lipinski definition) is 2. The number of benzene rings is 4. The summed E-state index contributed by atoms with van der Waals surface area (Å²) in [6, 6.07) is 20.9. The van der Waals surface area contributed by atoms with Crippen molar-refractivity contribution >= 4 is 32.3 Å². The van der Waals surface area contributed by atoms with Gasteiger partial charge in [0.2, 0.25) is 0 Å². The van der Waals surface area contributed by atoms with Crippen LogP contribution in [0, 0.1) is 0 Å². The summed E-state index contributed by atoms with van der Waals surface area (Å²) < 4.78 is 5.31. The van der Waals surface area contributed by atoms with Crippen LogP contribution in [0.25, 0.3) is 32.3 Å². The Morgan fingerprint density at radius 3 is 1.95 bits per heavy atom. The van der Waals surface area contributed by atoms with E-state index >= 15 is 0 Å². The maximum atomic E-state index is 9.29. The topological polar surface area (TPSA) is 29.5 Å². The standard InChI is InChI=1S/C20H16O2/c1-22-16-5-9-18-15(11-16)4-8-19-17-6-2-13(12-21)10-14(17)3-7-20(18)19/h2-11,21H,12H2,1H3. The van der Waals surface area contributed by atoms with Gasteiger partial charge < -0.3 is 9.84 Å². The molecule has 22 heavy (non-hydrogen) atoms. The van der Waals surface area contributed by atoms with Gasteiger partial charge in [-0.2, -0.15) is 0 Å². The average molecular weight is 288 g/mol. The highest BCUT2D eigenvalue weighted by Gasteiger charge is 2.06. The lowest BCUT2D eigenvalue weighted by atomic mass is 9.96. The van der Waals surface area contributed by atoms with E-state index in [0.29, 0.717) is 0 Å². The van der Waals surface area contributed by atoms with Gasteiger partial charge in [0.1, 0.15) is 5.75 Å². The molecule has 0 spiro atoms. The Balaban J connectivity index is 2.08. The predicted octanol–water partition coefficient (Wildman–Crippen LogP) is 4.65. The zero-order valence-electron chi connectivity index (χ0n) is 12.3. The van der Waals surface area contributed by atoms with E-state index in [9.17, 15) is 5.11 Å². The summed E-state index contributed by atoms with van der Waals surface area (Å²) >= 11 is 0. The summed E-state index contributed by atoms with van der Waals surface area (Å²) in [5, 5.41) is 16.5. The molecule has 0 amide bonds. The highest BCUT2D eigenvalue weighted by atomic mass is 16.5. The van der Waals surface area contributed by atoms with E-state index in [1.54, 1.807) is 7.11 Å². The Bertz CT molecular complexity index is 919. The van der Waals surface area contributed by atoms with Gasteiger partial charge in [0, 0.05) is 0 Å². The first kappa shape index (κ1) is 13.1. The molecule has 0 aliphatic carbocycles. The third-order valence-electron chi connectivity index (χ3n) is 4.29. The highest BCUT2D eigenvalue weighted by Crippen LogP contribution is 2.33. The molecule has 1 N–H and O–H groups in total. The molecule has 0 aromatic heterocycles. The second kappa shape index (κ2) is 5.00. The first-order valence-corrected chi connectivity index (χ1v) is 7.33. The second-order valence-electron chi connectivity index (χ2n) is 5.53. The first-order chi connectivity index (χ1) is 10.8. The number of methoxy groups -OCH3 is 1. The van der Waals surface area contributed by atoms with E-state index < -0.39 is 0 Å². The molecule has 2 heteroatoms. The molecule has 0 saturated carbocycles. The van der Waals surface area contributed by atoms with Crippen molar-refractivity contribution in [2.24, 2.45) is 0 Å². The van der Waals surface area contributed by atoms with Gasteiger partial charge in [-0.25, -0.2) is 0 Å². The summed E-state index contributed by atoms with van der Waals surface area (Å²) in [6.07, 6.45) is 0. The van der Waals surface area contributed by atoms with Crippen LogP contribution in [0.5, 0.6) is 5.75 Å². The van der Waals surface area contributed by atoms with Gasteiger partial charge in [-0.3, -0.25) is 0 Å². The minimum atomic E-state index is 0.0749. The van der Waals surface area contributed by atoms with Crippen LogP contribution in [-0.4, -0.2) is 12.2 Å². The van der Waals surface area contributed by atoms with Crippen LogP contribution in [0.1, 0.15) is 5.56 Å². The fourth-order valence-corrected chi connectivity index (χ4v) is 3.14. The maximum Gasteiger partial charge on any atom is 0.119 e. The van der Waals surface area contributed by atoms with Gasteiger partial charge in [-0.05, 0) is 56.1 Å². The molecule has 0 aliphatic rings. The number of aliphatic hydroxyl groups is 1. The van der Waals surface area contributed by atoms with Crippen molar-refractivity contribution in [2.75, 3.05) is 7.11 Å². The molecular formula is C20H16O2. The molecule has 0 radical (unpaired) electrons. The molecule has 108 valence electrons. The first-order valence-electron chi connectivity index (χ1n) is 7.33. The zero-order valence-corrected chi connectivity index (χ0v) is 12.3. The second-order valence-corrected chi connectivity index (χ2v) is 5.53. The van der Waals surface area contributed by atoms with Crippen molar-refractivity contribution in [2.45, 2.75) is 6.61 Å². The van der Waals surface area contributed by atoms with E-state index in [0.717, 1.165) is 16.7 Å². The maximum absolute atomic E-state index is 9.29. The molecular weight excluding hydrogens is 272 g/mol. The summed E-state index contributed by atoms with van der Waals surface area (Å²) in [4.78, 5) is 0. The van der Waals surface area contributed by atoms with E-state index in [-0.39, 0.29) is 6.61 Å². The molecule has 0 heterocycles. The van der Waals surface area contributed by atoms with Crippen molar-refractivity contribution in [3.05, 3.63) is 66.2 Å². The predicted molar refractivity (Wildman–Crippen MR) is 91.4 cm³/mol. The zero-order chi connectivity index (χ0) is 15.1. The Kier molecular flexibility index (Phi) is 2.98. The Morgan fingerprint density at radius 2 is 1.32 bits per heavy atom. The van der Waals surface area contributed by atoms with Crippen molar-refractivity contribution in [1.82, 2.24) is 0 Å². The number of ether oxygens (including phenoxy) is 1. The van der Waals surface area contributed by atoms with E-state index in [1.807, 2.05) is 18.2 Å². The van der Waals surface area contributed by atoms with Gasteiger partial charge in [0.25, 0.3) is 0 Å². The molecule has 4 rings (SSSR count). The van der Waals surface area contributed by atoms with E-state index in [1.165, 1.54) is 26.9 Å². The molecule has 2 nitrogen and oxygen atoms in total. The largest absolute Gasteiger partial charge is 0.497 e. The molecule has 4 aromatic carbocycles. The molecule has 0 saturated heterocycles. The van der Waals surface area contributed by atoms with Crippen LogP contribution in [0.2, 0.25) is 0 Å². The number of hydrogen-bond donors (Lipinski definition) is 1. The Morgan fingerprint density at radius 1 is 0.727 bits per heavy atom. The Labute approximate surface area is 128 Å². The van der Waals surface area contributed by atoms with Crippen LogP contribution in [0.3, 0.4) is 0 Å². The fourth-order valence-electron chi connectivity index (χ4n) is 3.14. The normalized spacial score (nSPS) is 11.4. The van der Waals surface area contributed by atoms with Crippen LogP contribution < -0.4 is 4.74 Å². The summed E-state index contributed by atoms with van der Waals surface area (Å²) in [5.74, 6) is 0.875. The summed E-state index contributed by atoms with van der Waals surface area (Å²) in [5.41, 5.74) is 0.942. The van der Waals surface area contributed by atoms with Crippen molar-refractivity contribution < 1.29 is 9.84 Å². The van der Waals surface area contributed by atoms with Gasteiger partial charge in [-0.1, -0.05) is 42.5 Å². The lowest BCUT2D eigenvalue weighted by Gasteiger charge is -2.09. The lowest BCUT2D eigenvalue weighted by molar-refractivity contribution is 0.282. The minimum absolute atomic E-state index is 0.0749. The molecule has 0 bridgehead atoms. The minimum Gasteiger partial charge on any atom is -0.497 e. The summed E-state index contributed by atoms with van der Waals surface area (Å²) in [7, 11) is 1.69. The molecule has 0 aliphatic heterocycles. The van der Waals surface area contributed by atoms with Crippen LogP contribution >= 0.6 is 0 Å². The monoisotopic (exact) mass is 288 g/mol. The molecule has 0 unspecified atom stereocenters. The van der Waals surface area contributed by atoms with Crippen molar-refractivity contribution in [1.29, 1.82) is 0 Å². The van der Waals surface area contributed by atoms with Gasteiger partial charge >= 0.3 is 0 Å². The summed E-state index contributed by atoms with van der Waals surface area (Å²) in [6.45, 7) is 0.0749. The third kappa shape index (κ3) is 1.92. The molecule has 0 atom stereocenters. The van der Waals surface area contributed by atoms with E-state index in [2.05, 4.69) is 42.5 Å². The van der Waals surface area contributed by atoms with Gasteiger partial charge in [0.15, 0.2) is 0 Å². The van der Waals surface area contributed by atoms with Crippen molar-refractivity contribution in [3.63, 3.8) is 0 Å². The Hall–Kier alpha value is -2.58. The number of rotatable bonds is 2. The quantitative estimate of drug-likeness (QED) is 0.544. The number of aliphatic hydroxyl groups excluding tert-OH is 1. The van der Waals surface area contributed by atoms with Crippen LogP contribution in [0.15, 0.2) is 60.7 Å². The van der Waals surface area contributed by atoms with Crippen LogP contribution in [-0.2, 0) is 6.61 Å². The average Bonchev–Trinajstić information content (AvgIpc) is 2.59. The van der Waals surface area contributed by atoms with Gasteiger partial charge in [0.05, 0.1) is 13.7 Å². The van der Waals surface area contributed by atoms with Crippen molar-refractivity contribution in [3.8, 4) is 5.75 Å². The smallest absolute Gasteiger partial charge is 0.119 e. The number of fused-ring (bicyclic) bond motifs is 5. The molecule has 4 aromatic rings. The SMILES string of the molecule is COc1ccc2c(ccc3c4ccc(CO)cc4ccc23)c1. The lowest BCUT2D eigenvalue weighted by Crippen LogP contribution is -1.86. The van der Waals surface area contributed by atoms with Gasteiger partial charge in [-0.15, -0.1) is 0 Å². The fraction of sp³-hybridized carbons (Fsp3) is 0.100. The van der Waals surface area contributed by atoms with E-state index in [4.69, 9.17) is 4.74 Å². The van der Waals surface area contributed by atoms with Crippen LogP contribution in [0.4, 0.5) is 0 Å². The highest BCUT2D eigenvalue weighted by molar-refractivity contribution is 6.17. The third-order valence-corrected chi connectivity index (χ3v) is 4.29. The molecule has 0 fully saturated rings.